The van der Waals surface area contributed by atoms with Gasteiger partial charge >= 0.3 is 6.09 Å². The maximum absolute atomic E-state index is 11.7. The van der Waals surface area contributed by atoms with E-state index < -0.39 is 18.3 Å². The Labute approximate surface area is 167 Å². The number of aliphatic hydroxyl groups is 2. The number of aryl methyl sites for hydroxylation is 1. The molecule has 0 aromatic heterocycles. The summed E-state index contributed by atoms with van der Waals surface area (Å²) in [6, 6.07) is 17.0. The Hall–Kier alpha value is -2.37. The Balaban J connectivity index is 1.72. The van der Waals surface area contributed by atoms with Crippen LogP contribution >= 0.6 is 0 Å². The normalized spacial score (nSPS) is 13.0. The van der Waals surface area contributed by atoms with Crippen LogP contribution < -0.4 is 5.32 Å². The van der Waals surface area contributed by atoms with Gasteiger partial charge in [0.05, 0.1) is 0 Å². The zero-order valence-electron chi connectivity index (χ0n) is 16.5. The van der Waals surface area contributed by atoms with Crippen molar-refractivity contribution in [3.8, 4) is 0 Å². The van der Waals surface area contributed by atoms with Gasteiger partial charge in [0, 0.05) is 6.54 Å². The number of rotatable bonds is 11. The quantitative estimate of drug-likeness (QED) is 0.508. The molecule has 2 atom stereocenters. The van der Waals surface area contributed by atoms with Gasteiger partial charge in [-0.1, -0.05) is 80.8 Å². The molecule has 2 aromatic rings. The largest absolute Gasteiger partial charge is 0.445 e. The molecule has 0 spiro atoms. The number of amides is 1. The first kappa shape index (κ1) is 21.9. The molecule has 28 heavy (non-hydrogen) atoms. The topological polar surface area (TPSA) is 78.8 Å². The molecule has 2 unspecified atom stereocenters. The number of ether oxygens (including phenoxy) is 1. The lowest BCUT2D eigenvalue weighted by Crippen LogP contribution is -2.35. The molecule has 5 nitrogen and oxygen atoms in total. The summed E-state index contributed by atoms with van der Waals surface area (Å²) in [5.41, 5.74) is 2.74. The average molecular weight is 386 g/mol. The summed E-state index contributed by atoms with van der Waals surface area (Å²) in [5.74, 6) is 0. The fourth-order valence-corrected chi connectivity index (χ4v) is 2.93. The molecule has 0 fully saturated rings. The summed E-state index contributed by atoms with van der Waals surface area (Å²) in [7, 11) is 0. The molecule has 2 rings (SSSR count). The molecular formula is C23H31NO4. The molecule has 0 saturated heterocycles. The summed E-state index contributed by atoms with van der Waals surface area (Å²) in [6.45, 7) is 2.26. The third-order valence-corrected chi connectivity index (χ3v) is 4.67. The average Bonchev–Trinajstić information content (AvgIpc) is 2.74. The van der Waals surface area contributed by atoms with Gasteiger partial charge in [-0.25, -0.2) is 4.79 Å². The Kier molecular flexibility index (Phi) is 9.52. The number of benzene rings is 2. The predicted molar refractivity (Wildman–Crippen MR) is 110 cm³/mol. The van der Waals surface area contributed by atoms with Crippen LogP contribution in [0.25, 0.3) is 0 Å². The van der Waals surface area contributed by atoms with E-state index >= 15 is 0 Å². The van der Waals surface area contributed by atoms with Crippen LogP contribution in [0.5, 0.6) is 0 Å². The van der Waals surface area contributed by atoms with Gasteiger partial charge in [-0.15, -0.1) is 0 Å². The van der Waals surface area contributed by atoms with E-state index in [2.05, 4.69) is 12.2 Å². The van der Waals surface area contributed by atoms with Crippen molar-refractivity contribution < 1.29 is 19.7 Å². The van der Waals surface area contributed by atoms with Gasteiger partial charge in [-0.3, -0.25) is 0 Å². The lowest BCUT2D eigenvalue weighted by atomic mass is 10.0. The van der Waals surface area contributed by atoms with Crippen molar-refractivity contribution in [3.05, 3.63) is 71.3 Å². The molecule has 2 aromatic carbocycles. The fourth-order valence-electron chi connectivity index (χ4n) is 2.93. The number of carbonyl (C=O) groups excluding carboxylic acids is 1. The number of unbranched alkanes of at least 4 members (excludes halogenated alkanes) is 3. The van der Waals surface area contributed by atoms with E-state index in [1.807, 2.05) is 54.6 Å². The molecule has 3 N–H and O–H groups in total. The molecule has 0 heterocycles. The summed E-state index contributed by atoms with van der Waals surface area (Å²) in [5, 5.41) is 22.9. The van der Waals surface area contributed by atoms with Gasteiger partial charge in [0.2, 0.25) is 0 Å². The van der Waals surface area contributed by atoms with Gasteiger partial charge in [0.1, 0.15) is 18.8 Å². The van der Waals surface area contributed by atoms with Crippen LogP contribution in [0.15, 0.2) is 54.6 Å². The van der Waals surface area contributed by atoms with E-state index in [1.165, 1.54) is 24.8 Å². The van der Waals surface area contributed by atoms with Crippen LogP contribution in [-0.2, 0) is 17.8 Å². The van der Waals surface area contributed by atoms with Crippen LogP contribution in [0, 0.1) is 0 Å². The number of hydrogen-bond acceptors (Lipinski definition) is 4. The zero-order chi connectivity index (χ0) is 20.2. The third kappa shape index (κ3) is 7.71. The third-order valence-electron chi connectivity index (χ3n) is 4.67. The van der Waals surface area contributed by atoms with E-state index in [0.717, 1.165) is 18.4 Å². The van der Waals surface area contributed by atoms with Crippen LogP contribution in [-0.4, -0.2) is 29.0 Å². The van der Waals surface area contributed by atoms with Crippen molar-refractivity contribution in [2.24, 2.45) is 0 Å². The first-order chi connectivity index (χ1) is 13.6. The highest BCUT2D eigenvalue weighted by Crippen LogP contribution is 2.18. The second kappa shape index (κ2) is 12.2. The highest BCUT2D eigenvalue weighted by molar-refractivity contribution is 5.67. The van der Waals surface area contributed by atoms with E-state index in [4.69, 9.17) is 4.74 Å². The zero-order valence-corrected chi connectivity index (χ0v) is 16.5. The Morgan fingerprint density at radius 1 is 0.964 bits per heavy atom. The first-order valence-corrected chi connectivity index (χ1v) is 9.99. The first-order valence-electron chi connectivity index (χ1n) is 9.99. The van der Waals surface area contributed by atoms with E-state index in [-0.39, 0.29) is 13.2 Å². The van der Waals surface area contributed by atoms with Gasteiger partial charge in [-0.2, -0.15) is 0 Å². The van der Waals surface area contributed by atoms with Crippen molar-refractivity contribution in [2.45, 2.75) is 57.8 Å². The minimum absolute atomic E-state index is 0.0897. The van der Waals surface area contributed by atoms with Crippen LogP contribution in [0.1, 0.15) is 55.4 Å². The summed E-state index contributed by atoms with van der Waals surface area (Å²) >= 11 is 0. The predicted octanol–water partition coefficient (Wildman–Crippen LogP) is 4.13. The van der Waals surface area contributed by atoms with Gasteiger partial charge in [-0.05, 0) is 29.5 Å². The summed E-state index contributed by atoms with van der Waals surface area (Å²) < 4.78 is 5.09. The van der Waals surface area contributed by atoms with Crippen LogP contribution in [0.4, 0.5) is 4.79 Å². The lowest BCUT2D eigenvalue weighted by molar-refractivity contribution is 0.0184. The van der Waals surface area contributed by atoms with Crippen molar-refractivity contribution in [3.63, 3.8) is 0 Å². The maximum atomic E-state index is 11.7. The van der Waals surface area contributed by atoms with Gasteiger partial charge in [0.25, 0.3) is 0 Å². The monoisotopic (exact) mass is 385 g/mol. The Bertz CT molecular complexity index is 688. The molecule has 0 radical (unpaired) electrons. The molecular weight excluding hydrogens is 354 g/mol. The maximum Gasteiger partial charge on any atom is 0.407 e. The van der Waals surface area contributed by atoms with Crippen molar-refractivity contribution >= 4 is 6.09 Å². The fraction of sp³-hybridized carbons (Fsp3) is 0.435. The van der Waals surface area contributed by atoms with Crippen molar-refractivity contribution in [1.29, 1.82) is 0 Å². The summed E-state index contributed by atoms with van der Waals surface area (Å²) in [4.78, 5) is 11.7. The van der Waals surface area contributed by atoms with E-state index in [9.17, 15) is 15.0 Å². The number of nitrogens with one attached hydrogen (secondary N) is 1. The minimum Gasteiger partial charge on any atom is -0.445 e. The van der Waals surface area contributed by atoms with Gasteiger partial charge in [0.15, 0.2) is 0 Å². The molecule has 0 aliphatic rings. The van der Waals surface area contributed by atoms with Crippen molar-refractivity contribution in [1.82, 2.24) is 5.32 Å². The number of alkyl carbamates (subject to hydrolysis) is 1. The number of hydrogen-bond donors (Lipinski definition) is 3. The highest BCUT2D eigenvalue weighted by Gasteiger charge is 2.19. The summed E-state index contributed by atoms with van der Waals surface area (Å²) in [6.07, 6.45) is 3.08. The second-order valence-corrected chi connectivity index (χ2v) is 7.01. The Morgan fingerprint density at radius 2 is 1.68 bits per heavy atom. The molecule has 1 amide bonds. The number of aliphatic hydroxyl groups excluding tert-OH is 2. The molecule has 0 aliphatic carbocycles. The second-order valence-electron chi connectivity index (χ2n) is 7.01. The highest BCUT2D eigenvalue weighted by atomic mass is 16.5. The standard InChI is InChI=1S/C23H31NO4/c1-2-3-4-6-9-18-12-14-20(15-13-18)22(26)21(25)16-24-23(27)28-17-19-10-7-5-8-11-19/h5,7-8,10-15,21-22,25-26H,2-4,6,9,16-17H2,1H3,(H,24,27). The molecule has 0 aliphatic heterocycles. The van der Waals surface area contributed by atoms with E-state index in [0.29, 0.717) is 5.56 Å². The van der Waals surface area contributed by atoms with Crippen LogP contribution in [0.3, 0.4) is 0 Å². The minimum atomic E-state index is -1.11. The van der Waals surface area contributed by atoms with Crippen LogP contribution in [0.2, 0.25) is 0 Å². The van der Waals surface area contributed by atoms with Gasteiger partial charge < -0.3 is 20.3 Å². The molecule has 0 bridgehead atoms. The smallest absolute Gasteiger partial charge is 0.407 e. The molecule has 152 valence electrons. The van der Waals surface area contributed by atoms with Crippen molar-refractivity contribution in [2.75, 3.05) is 6.54 Å². The molecule has 0 saturated carbocycles. The number of carbonyl (C=O) groups is 1. The lowest BCUT2D eigenvalue weighted by Gasteiger charge is -2.19. The molecule has 5 heteroatoms. The van der Waals surface area contributed by atoms with E-state index in [1.54, 1.807) is 0 Å². The SMILES string of the molecule is CCCCCCc1ccc(C(O)C(O)CNC(=O)OCc2ccccc2)cc1. The Morgan fingerprint density at radius 3 is 2.36 bits per heavy atom.